The molecule has 1 aliphatic rings. The van der Waals surface area contributed by atoms with Crippen LogP contribution in [0.1, 0.15) is 25.3 Å². The summed E-state index contributed by atoms with van der Waals surface area (Å²) in [4.78, 5) is 29.3. The van der Waals surface area contributed by atoms with E-state index >= 15 is 0 Å². The number of primary amides is 1. The van der Waals surface area contributed by atoms with Gasteiger partial charge in [-0.05, 0) is 37.5 Å². The highest BCUT2D eigenvalue weighted by molar-refractivity contribution is 14.0. The standard InChI is InChI=1S/C18H27N5O3.HI/c1-2-20-18(22-12-17(25)23-8-3-4-9-23)21-11-14-6-5-7-15(10-14)26-13-16(19)24;/h5-7,10H,2-4,8-9,11-13H2,1H3,(H2,19,24)(H2,20,21,22);1H. The van der Waals surface area contributed by atoms with E-state index in [9.17, 15) is 9.59 Å². The monoisotopic (exact) mass is 489 g/mol. The van der Waals surface area contributed by atoms with Crippen molar-refractivity contribution in [3.05, 3.63) is 29.8 Å². The van der Waals surface area contributed by atoms with Gasteiger partial charge in [0.1, 0.15) is 5.75 Å². The van der Waals surface area contributed by atoms with Crippen molar-refractivity contribution in [2.75, 3.05) is 32.8 Å². The Morgan fingerprint density at radius 3 is 2.67 bits per heavy atom. The van der Waals surface area contributed by atoms with E-state index in [0.717, 1.165) is 31.5 Å². The van der Waals surface area contributed by atoms with Crippen molar-refractivity contribution >= 4 is 41.8 Å². The number of halogens is 1. The van der Waals surface area contributed by atoms with Crippen molar-refractivity contribution in [1.29, 1.82) is 0 Å². The van der Waals surface area contributed by atoms with Crippen LogP contribution in [-0.4, -0.2) is 55.5 Å². The van der Waals surface area contributed by atoms with Crippen LogP contribution in [0.4, 0.5) is 0 Å². The molecule has 1 aromatic carbocycles. The molecular formula is C18H28IN5O3. The van der Waals surface area contributed by atoms with Gasteiger partial charge >= 0.3 is 0 Å². The van der Waals surface area contributed by atoms with Crippen LogP contribution in [0.3, 0.4) is 0 Å². The molecule has 1 saturated heterocycles. The summed E-state index contributed by atoms with van der Waals surface area (Å²) in [5.74, 6) is 0.729. The number of nitrogens with two attached hydrogens (primary N) is 1. The number of carbonyl (C=O) groups excluding carboxylic acids is 2. The lowest BCUT2D eigenvalue weighted by atomic mass is 10.2. The first-order valence-corrected chi connectivity index (χ1v) is 8.88. The average molecular weight is 489 g/mol. The van der Waals surface area contributed by atoms with Crippen LogP contribution < -0.4 is 21.1 Å². The highest BCUT2D eigenvalue weighted by Gasteiger charge is 2.17. The van der Waals surface area contributed by atoms with Gasteiger partial charge in [0.05, 0.1) is 13.1 Å². The third kappa shape index (κ3) is 8.46. The van der Waals surface area contributed by atoms with Crippen molar-refractivity contribution in [1.82, 2.24) is 15.5 Å². The zero-order valence-corrected chi connectivity index (χ0v) is 17.9. The Morgan fingerprint density at radius 1 is 1.26 bits per heavy atom. The first-order valence-electron chi connectivity index (χ1n) is 8.88. The van der Waals surface area contributed by atoms with Crippen LogP contribution >= 0.6 is 24.0 Å². The lowest BCUT2D eigenvalue weighted by Crippen LogP contribution is -2.44. The number of ether oxygens (including phenoxy) is 1. The molecule has 1 fully saturated rings. The molecule has 2 rings (SSSR count). The molecule has 0 aliphatic carbocycles. The molecule has 2 amide bonds. The summed E-state index contributed by atoms with van der Waals surface area (Å²) in [6.45, 7) is 4.84. The summed E-state index contributed by atoms with van der Waals surface area (Å²) >= 11 is 0. The van der Waals surface area contributed by atoms with Gasteiger partial charge in [-0.1, -0.05) is 12.1 Å². The van der Waals surface area contributed by atoms with E-state index in [1.807, 2.05) is 30.0 Å². The van der Waals surface area contributed by atoms with Gasteiger partial charge in [0.2, 0.25) is 5.91 Å². The zero-order chi connectivity index (χ0) is 18.8. The predicted octanol–water partition coefficient (Wildman–Crippen LogP) is 0.846. The van der Waals surface area contributed by atoms with Gasteiger partial charge in [-0.3, -0.25) is 9.59 Å². The Balaban J connectivity index is 0.00000364. The predicted molar refractivity (Wildman–Crippen MR) is 115 cm³/mol. The van der Waals surface area contributed by atoms with Crippen LogP contribution in [0.25, 0.3) is 0 Å². The number of hydrogen-bond acceptors (Lipinski definition) is 4. The molecule has 1 heterocycles. The van der Waals surface area contributed by atoms with Crippen LogP contribution in [-0.2, 0) is 16.1 Å². The summed E-state index contributed by atoms with van der Waals surface area (Å²) in [6.07, 6.45) is 2.15. The molecule has 8 nitrogen and oxygen atoms in total. The second kappa shape index (κ2) is 12.4. The number of aliphatic imine (C=N–C) groups is 1. The fourth-order valence-electron chi connectivity index (χ4n) is 2.64. The maximum Gasteiger partial charge on any atom is 0.255 e. The molecule has 1 aliphatic heterocycles. The lowest BCUT2D eigenvalue weighted by Gasteiger charge is -2.17. The number of carbonyl (C=O) groups is 2. The third-order valence-corrected chi connectivity index (χ3v) is 3.91. The Kier molecular flexibility index (Phi) is 10.5. The molecule has 0 spiro atoms. The Hall–Kier alpha value is -2.04. The van der Waals surface area contributed by atoms with Crippen LogP contribution in [0.5, 0.6) is 5.75 Å². The van der Waals surface area contributed by atoms with Crippen molar-refractivity contribution in [3.8, 4) is 5.75 Å². The SMILES string of the molecule is CCNC(=NCc1cccc(OCC(N)=O)c1)NCC(=O)N1CCCC1.I. The quantitative estimate of drug-likeness (QED) is 0.285. The number of nitrogens with one attached hydrogen (secondary N) is 2. The van der Waals surface area contributed by atoms with Gasteiger partial charge < -0.3 is 26.0 Å². The number of nitrogens with zero attached hydrogens (tertiary/aromatic N) is 2. The van der Waals surface area contributed by atoms with Crippen LogP contribution in [0.2, 0.25) is 0 Å². The second-order valence-corrected chi connectivity index (χ2v) is 6.04. The number of rotatable bonds is 8. The molecule has 0 atom stereocenters. The van der Waals surface area contributed by atoms with E-state index in [0.29, 0.717) is 24.8 Å². The minimum Gasteiger partial charge on any atom is -0.484 e. The van der Waals surface area contributed by atoms with E-state index in [4.69, 9.17) is 10.5 Å². The summed E-state index contributed by atoms with van der Waals surface area (Å²) in [6, 6.07) is 7.32. The Labute approximate surface area is 176 Å². The van der Waals surface area contributed by atoms with Crippen molar-refractivity contribution < 1.29 is 14.3 Å². The van der Waals surface area contributed by atoms with E-state index in [-0.39, 0.29) is 43.0 Å². The molecular weight excluding hydrogens is 461 g/mol. The minimum absolute atomic E-state index is 0. The van der Waals surface area contributed by atoms with Gasteiger partial charge in [-0.25, -0.2) is 4.99 Å². The van der Waals surface area contributed by atoms with Gasteiger partial charge in [0.25, 0.3) is 5.91 Å². The van der Waals surface area contributed by atoms with Crippen molar-refractivity contribution in [2.45, 2.75) is 26.3 Å². The molecule has 150 valence electrons. The highest BCUT2D eigenvalue weighted by Crippen LogP contribution is 2.14. The zero-order valence-electron chi connectivity index (χ0n) is 15.6. The van der Waals surface area contributed by atoms with Gasteiger partial charge in [-0.2, -0.15) is 0 Å². The summed E-state index contributed by atoms with van der Waals surface area (Å²) in [5, 5.41) is 6.21. The molecule has 4 N–H and O–H groups in total. The Bertz CT molecular complexity index is 648. The van der Waals surface area contributed by atoms with Crippen molar-refractivity contribution in [2.24, 2.45) is 10.7 Å². The number of benzene rings is 1. The highest BCUT2D eigenvalue weighted by atomic mass is 127. The fraction of sp³-hybridized carbons (Fsp3) is 0.500. The molecule has 0 unspecified atom stereocenters. The molecule has 0 bridgehead atoms. The maximum absolute atomic E-state index is 12.1. The fourth-order valence-corrected chi connectivity index (χ4v) is 2.64. The molecule has 0 saturated carbocycles. The molecule has 1 aromatic rings. The van der Waals surface area contributed by atoms with E-state index < -0.39 is 5.91 Å². The van der Waals surface area contributed by atoms with E-state index in [1.165, 1.54) is 0 Å². The topological polar surface area (TPSA) is 109 Å². The molecule has 0 radical (unpaired) electrons. The summed E-state index contributed by atoms with van der Waals surface area (Å²) in [5.41, 5.74) is 6.01. The van der Waals surface area contributed by atoms with E-state index in [1.54, 1.807) is 6.07 Å². The first-order chi connectivity index (χ1) is 12.6. The van der Waals surface area contributed by atoms with Crippen LogP contribution in [0.15, 0.2) is 29.3 Å². The Morgan fingerprint density at radius 2 is 2.00 bits per heavy atom. The third-order valence-electron chi connectivity index (χ3n) is 3.91. The second-order valence-electron chi connectivity index (χ2n) is 6.04. The lowest BCUT2D eigenvalue weighted by molar-refractivity contribution is -0.128. The average Bonchev–Trinajstić information content (AvgIpc) is 3.17. The first kappa shape index (κ1) is 23.0. The summed E-state index contributed by atoms with van der Waals surface area (Å²) < 4.78 is 5.29. The van der Waals surface area contributed by atoms with E-state index in [2.05, 4.69) is 15.6 Å². The van der Waals surface area contributed by atoms with Gasteiger partial charge in [0.15, 0.2) is 12.6 Å². The smallest absolute Gasteiger partial charge is 0.255 e. The maximum atomic E-state index is 12.1. The number of likely N-dealkylation sites (tertiary alicyclic amines) is 1. The minimum atomic E-state index is -0.519. The summed E-state index contributed by atoms with van der Waals surface area (Å²) in [7, 11) is 0. The van der Waals surface area contributed by atoms with Crippen LogP contribution in [0, 0.1) is 0 Å². The van der Waals surface area contributed by atoms with Gasteiger partial charge in [0, 0.05) is 19.6 Å². The molecule has 27 heavy (non-hydrogen) atoms. The molecule has 0 aromatic heterocycles. The number of guanidine groups is 1. The number of hydrogen-bond donors (Lipinski definition) is 3. The van der Waals surface area contributed by atoms with Gasteiger partial charge in [-0.15, -0.1) is 24.0 Å². The largest absolute Gasteiger partial charge is 0.484 e. The molecule has 9 heteroatoms. The number of amides is 2. The van der Waals surface area contributed by atoms with Crippen molar-refractivity contribution in [3.63, 3.8) is 0 Å². The normalized spacial score (nSPS) is 13.7.